The number of amides is 3. The third-order valence-electron chi connectivity index (χ3n) is 7.02. The molecule has 5 rings (SSSR count). The Labute approximate surface area is 218 Å². The Morgan fingerprint density at radius 1 is 0.811 bits per heavy atom. The molecule has 0 aliphatic carbocycles. The van der Waals surface area contributed by atoms with Gasteiger partial charge in [0.05, 0.1) is 12.4 Å². The minimum Gasteiger partial charge on any atom is -0.369 e. The largest absolute Gasteiger partial charge is 0.369 e. The lowest BCUT2D eigenvalue weighted by atomic mass is 10.0. The number of hydrogen-bond acceptors (Lipinski definition) is 5. The number of para-hydroxylation sites is 1. The first kappa shape index (κ1) is 24.8. The smallest absolute Gasteiger partial charge is 0.340 e. The summed E-state index contributed by atoms with van der Waals surface area (Å²) in [6, 6.07) is 27.4. The summed E-state index contributed by atoms with van der Waals surface area (Å²) in [5.74, 6) is -0.0200. The summed E-state index contributed by atoms with van der Waals surface area (Å²) >= 11 is 0. The van der Waals surface area contributed by atoms with Gasteiger partial charge < -0.3 is 15.1 Å². The number of carbonyl (C=O) groups excluding carboxylic acids is 2. The van der Waals surface area contributed by atoms with Gasteiger partial charge in [0.25, 0.3) is 0 Å². The Kier molecular flexibility index (Phi) is 7.39. The maximum atomic E-state index is 13.4. The fourth-order valence-electron chi connectivity index (χ4n) is 4.96. The van der Waals surface area contributed by atoms with E-state index in [4.69, 9.17) is 0 Å². The van der Waals surface area contributed by atoms with Crippen LogP contribution in [0.5, 0.6) is 0 Å². The van der Waals surface area contributed by atoms with Crippen LogP contribution in [0.4, 0.5) is 21.9 Å². The molecule has 3 aromatic carbocycles. The Morgan fingerprint density at radius 3 is 2.00 bits per heavy atom. The fraction of sp³-hybridized carbons (Fsp3) is 0.310. The Hall–Kier alpha value is -3.88. The van der Waals surface area contributed by atoms with Crippen molar-refractivity contribution in [2.24, 2.45) is 0 Å². The third kappa shape index (κ3) is 5.45. The van der Waals surface area contributed by atoms with Crippen LogP contribution in [-0.4, -0.2) is 60.6 Å². The van der Waals surface area contributed by atoms with Gasteiger partial charge in [-0.15, -0.1) is 0 Å². The van der Waals surface area contributed by atoms with Crippen molar-refractivity contribution in [2.45, 2.75) is 25.9 Å². The first-order chi connectivity index (χ1) is 18.0. The number of nitrogens with one attached hydrogen (secondary N) is 2. The van der Waals surface area contributed by atoms with Gasteiger partial charge >= 0.3 is 6.03 Å². The van der Waals surface area contributed by atoms with E-state index in [0.29, 0.717) is 6.67 Å². The predicted octanol–water partition coefficient (Wildman–Crippen LogP) is 4.30. The van der Waals surface area contributed by atoms with Crippen LogP contribution in [0.3, 0.4) is 0 Å². The summed E-state index contributed by atoms with van der Waals surface area (Å²) in [5, 5.41) is 4.70. The Balaban J connectivity index is 1.25. The number of benzene rings is 3. The van der Waals surface area contributed by atoms with Gasteiger partial charge in [0.1, 0.15) is 6.04 Å². The third-order valence-corrected chi connectivity index (χ3v) is 7.02. The van der Waals surface area contributed by atoms with Crippen molar-refractivity contribution in [3.05, 3.63) is 90.5 Å². The summed E-state index contributed by atoms with van der Waals surface area (Å²) in [7, 11) is 0. The zero-order chi connectivity index (χ0) is 25.8. The molecule has 0 bridgehead atoms. The van der Waals surface area contributed by atoms with Crippen LogP contribution in [0.1, 0.15) is 25.5 Å². The standard InChI is InChI=1S/C29H34N6O2/c1-22(2)34-21-30-35(29(34)37)26-15-13-25(14-16-26)32-17-19-33(20-18-32)27(23-9-5-3-6-10-23)28(36)31-24-11-7-4-8-12-24/h3-16,22,27,30H,17-21H2,1-2H3,(H,31,36). The summed E-state index contributed by atoms with van der Waals surface area (Å²) < 4.78 is 0. The van der Waals surface area contributed by atoms with E-state index in [-0.39, 0.29) is 24.0 Å². The number of hydrogen-bond donors (Lipinski definition) is 2. The summed E-state index contributed by atoms with van der Waals surface area (Å²) in [6.07, 6.45) is 0. The second kappa shape index (κ2) is 11.0. The monoisotopic (exact) mass is 498 g/mol. The number of urea groups is 1. The van der Waals surface area contributed by atoms with Gasteiger partial charge in [0, 0.05) is 43.6 Å². The molecule has 3 amide bonds. The molecule has 192 valence electrons. The maximum Gasteiger partial charge on any atom is 0.340 e. The van der Waals surface area contributed by atoms with E-state index < -0.39 is 0 Å². The predicted molar refractivity (Wildman–Crippen MR) is 147 cm³/mol. The van der Waals surface area contributed by atoms with Gasteiger partial charge in [-0.05, 0) is 55.8 Å². The normalized spacial score (nSPS) is 17.4. The number of piperazine rings is 1. The summed E-state index contributed by atoms with van der Waals surface area (Å²) in [6.45, 7) is 7.68. The van der Waals surface area contributed by atoms with Crippen LogP contribution in [0.15, 0.2) is 84.9 Å². The molecule has 2 aliphatic heterocycles. The summed E-state index contributed by atoms with van der Waals surface area (Å²) in [4.78, 5) is 32.5. The van der Waals surface area contributed by atoms with E-state index in [1.165, 1.54) is 0 Å². The lowest BCUT2D eigenvalue weighted by Gasteiger charge is -2.39. The highest BCUT2D eigenvalue weighted by molar-refractivity contribution is 5.95. The average Bonchev–Trinajstić information content (AvgIpc) is 3.32. The van der Waals surface area contributed by atoms with E-state index in [2.05, 4.69) is 32.7 Å². The Bertz CT molecular complexity index is 1190. The van der Waals surface area contributed by atoms with Crippen molar-refractivity contribution in [2.75, 3.05) is 48.1 Å². The van der Waals surface area contributed by atoms with Crippen molar-refractivity contribution in [1.82, 2.24) is 15.2 Å². The molecule has 1 atom stereocenters. The highest BCUT2D eigenvalue weighted by atomic mass is 16.2. The van der Waals surface area contributed by atoms with Crippen LogP contribution in [0.2, 0.25) is 0 Å². The minimum atomic E-state index is -0.359. The highest BCUT2D eigenvalue weighted by Crippen LogP contribution is 2.28. The SMILES string of the molecule is CC(C)N1CNN(c2ccc(N3CCN(C(C(=O)Nc4ccccc4)c4ccccc4)CC3)cc2)C1=O. The molecule has 0 spiro atoms. The second-order valence-electron chi connectivity index (χ2n) is 9.71. The molecular weight excluding hydrogens is 464 g/mol. The second-order valence-corrected chi connectivity index (χ2v) is 9.71. The minimum absolute atomic E-state index is 0.0200. The molecule has 3 aromatic rings. The zero-order valence-electron chi connectivity index (χ0n) is 21.4. The van der Waals surface area contributed by atoms with Crippen molar-refractivity contribution in [1.29, 1.82) is 0 Å². The molecule has 0 radical (unpaired) electrons. The van der Waals surface area contributed by atoms with Crippen molar-refractivity contribution in [3.8, 4) is 0 Å². The van der Waals surface area contributed by atoms with E-state index in [1.807, 2.05) is 86.6 Å². The molecule has 2 saturated heterocycles. The molecular formula is C29H34N6O2. The van der Waals surface area contributed by atoms with Gasteiger partial charge in [0.2, 0.25) is 5.91 Å². The lowest BCUT2D eigenvalue weighted by Crippen LogP contribution is -2.50. The number of carbonyl (C=O) groups is 2. The van der Waals surface area contributed by atoms with Crippen molar-refractivity contribution < 1.29 is 9.59 Å². The maximum absolute atomic E-state index is 13.4. The van der Waals surface area contributed by atoms with Gasteiger partial charge in [-0.1, -0.05) is 48.5 Å². The molecule has 0 aromatic heterocycles. The topological polar surface area (TPSA) is 71.2 Å². The fourth-order valence-corrected chi connectivity index (χ4v) is 4.96. The molecule has 2 aliphatic rings. The molecule has 0 saturated carbocycles. The quantitative estimate of drug-likeness (QED) is 0.508. The van der Waals surface area contributed by atoms with Gasteiger partial charge in [-0.2, -0.15) is 0 Å². The van der Waals surface area contributed by atoms with E-state index in [1.54, 1.807) is 9.91 Å². The highest BCUT2D eigenvalue weighted by Gasteiger charge is 2.32. The number of anilines is 3. The van der Waals surface area contributed by atoms with E-state index >= 15 is 0 Å². The molecule has 37 heavy (non-hydrogen) atoms. The van der Waals surface area contributed by atoms with Crippen LogP contribution < -0.4 is 20.7 Å². The number of hydrazine groups is 1. The first-order valence-electron chi connectivity index (χ1n) is 12.9. The van der Waals surface area contributed by atoms with Crippen LogP contribution >= 0.6 is 0 Å². The first-order valence-corrected chi connectivity index (χ1v) is 12.9. The van der Waals surface area contributed by atoms with Crippen molar-refractivity contribution >= 4 is 29.0 Å². The average molecular weight is 499 g/mol. The Morgan fingerprint density at radius 2 is 1.41 bits per heavy atom. The van der Waals surface area contributed by atoms with Crippen LogP contribution in [-0.2, 0) is 4.79 Å². The van der Waals surface area contributed by atoms with Gasteiger partial charge in [-0.3, -0.25) is 9.69 Å². The molecule has 1 unspecified atom stereocenters. The molecule has 8 nitrogen and oxygen atoms in total. The number of rotatable bonds is 7. The van der Waals surface area contributed by atoms with Gasteiger partial charge in [-0.25, -0.2) is 15.2 Å². The lowest BCUT2D eigenvalue weighted by molar-refractivity contribution is -0.121. The van der Waals surface area contributed by atoms with E-state index in [9.17, 15) is 9.59 Å². The van der Waals surface area contributed by atoms with Crippen LogP contribution in [0.25, 0.3) is 0 Å². The molecule has 2 heterocycles. The number of nitrogens with zero attached hydrogens (tertiary/aromatic N) is 4. The summed E-state index contributed by atoms with van der Waals surface area (Å²) in [5.41, 5.74) is 6.90. The zero-order valence-corrected chi connectivity index (χ0v) is 21.4. The molecule has 2 fully saturated rings. The molecule has 8 heteroatoms. The molecule has 2 N–H and O–H groups in total. The van der Waals surface area contributed by atoms with Crippen LogP contribution in [0, 0.1) is 0 Å². The van der Waals surface area contributed by atoms with E-state index in [0.717, 1.165) is 48.8 Å². The van der Waals surface area contributed by atoms with Crippen molar-refractivity contribution in [3.63, 3.8) is 0 Å². The van der Waals surface area contributed by atoms with Gasteiger partial charge in [0.15, 0.2) is 0 Å².